The van der Waals surface area contributed by atoms with Gasteiger partial charge in [-0.3, -0.25) is 9.69 Å². The summed E-state index contributed by atoms with van der Waals surface area (Å²) in [5, 5.41) is 9.21. The maximum Gasteiger partial charge on any atom is 0.307 e. The summed E-state index contributed by atoms with van der Waals surface area (Å²) in [6, 6.07) is 0.731. The van der Waals surface area contributed by atoms with Crippen molar-refractivity contribution in [2.45, 2.75) is 52.0 Å². The number of carbonyl (C=O) groups is 1. The molecule has 2 rings (SSSR count). The first-order valence-corrected chi connectivity index (χ1v) is 6.47. The molecular weight excluding hydrogens is 202 g/mol. The van der Waals surface area contributed by atoms with Crippen molar-refractivity contribution in [2.24, 2.45) is 11.3 Å². The summed E-state index contributed by atoms with van der Waals surface area (Å²) in [6.45, 7) is 6.14. The van der Waals surface area contributed by atoms with Crippen molar-refractivity contribution in [1.29, 1.82) is 0 Å². The van der Waals surface area contributed by atoms with E-state index in [2.05, 4.69) is 18.7 Å². The number of carboxylic acid groups (broad SMARTS) is 1. The Morgan fingerprint density at radius 1 is 1.25 bits per heavy atom. The lowest BCUT2D eigenvalue weighted by molar-refractivity contribution is -0.149. The van der Waals surface area contributed by atoms with Gasteiger partial charge in [0.2, 0.25) is 0 Å². The van der Waals surface area contributed by atoms with Crippen LogP contribution in [0.25, 0.3) is 0 Å². The smallest absolute Gasteiger partial charge is 0.307 e. The van der Waals surface area contributed by atoms with Gasteiger partial charge >= 0.3 is 5.97 Å². The van der Waals surface area contributed by atoms with Crippen LogP contribution >= 0.6 is 0 Å². The fourth-order valence-corrected chi connectivity index (χ4v) is 3.44. The van der Waals surface area contributed by atoms with Crippen molar-refractivity contribution >= 4 is 5.97 Å². The molecule has 1 saturated heterocycles. The first-order valence-electron chi connectivity index (χ1n) is 6.47. The molecule has 3 nitrogen and oxygen atoms in total. The van der Waals surface area contributed by atoms with E-state index >= 15 is 0 Å². The average Bonchev–Trinajstić information content (AvgIpc) is 2.67. The highest BCUT2D eigenvalue weighted by Crippen LogP contribution is 2.38. The van der Waals surface area contributed by atoms with Crippen molar-refractivity contribution in [3.05, 3.63) is 0 Å². The molecule has 1 aliphatic carbocycles. The normalized spacial score (nSPS) is 31.8. The van der Waals surface area contributed by atoms with E-state index in [1.807, 2.05) is 0 Å². The highest BCUT2D eigenvalue weighted by molar-refractivity contribution is 5.71. The SMILES string of the molecule is CC1(C)CN(C2CCCC2)CCC1C(=O)O. The number of nitrogens with zero attached hydrogens (tertiary/aromatic N) is 1. The van der Waals surface area contributed by atoms with Gasteiger partial charge in [-0.2, -0.15) is 0 Å². The first kappa shape index (κ1) is 11.9. The summed E-state index contributed by atoms with van der Waals surface area (Å²) >= 11 is 0. The summed E-state index contributed by atoms with van der Waals surface area (Å²) < 4.78 is 0. The molecule has 1 saturated carbocycles. The Morgan fingerprint density at radius 2 is 1.88 bits per heavy atom. The molecule has 0 amide bonds. The van der Waals surface area contributed by atoms with E-state index in [9.17, 15) is 9.90 Å². The highest BCUT2D eigenvalue weighted by atomic mass is 16.4. The van der Waals surface area contributed by atoms with Crippen molar-refractivity contribution in [1.82, 2.24) is 4.90 Å². The summed E-state index contributed by atoms with van der Waals surface area (Å²) in [5.41, 5.74) is -0.0767. The van der Waals surface area contributed by atoms with Crippen LogP contribution in [0.3, 0.4) is 0 Å². The zero-order chi connectivity index (χ0) is 11.8. The minimum absolute atomic E-state index is 0.0767. The maximum atomic E-state index is 11.2. The number of likely N-dealkylation sites (tertiary alicyclic amines) is 1. The van der Waals surface area contributed by atoms with Crippen LogP contribution in [0, 0.1) is 11.3 Å². The topological polar surface area (TPSA) is 40.5 Å². The molecule has 0 aromatic rings. The number of hydrogen-bond donors (Lipinski definition) is 1. The second-order valence-electron chi connectivity index (χ2n) is 6.08. The minimum Gasteiger partial charge on any atom is -0.481 e. The molecular formula is C13H23NO2. The lowest BCUT2D eigenvalue weighted by Crippen LogP contribution is -2.51. The largest absolute Gasteiger partial charge is 0.481 e. The van der Waals surface area contributed by atoms with Gasteiger partial charge in [-0.05, 0) is 31.2 Å². The predicted octanol–water partition coefficient (Wildman–Crippen LogP) is 2.36. The van der Waals surface area contributed by atoms with E-state index in [4.69, 9.17) is 0 Å². The Kier molecular flexibility index (Phi) is 3.24. The van der Waals surface area contributed by atoms with Crippen LogP contribution in [0.4, 0.5) is 0 Å². The van der Waals surface area contributed by atoms with E-state index in [-0.39, 0.29) is 11.3 Å². The Bertz CT molecular complexity index is 269. The van der Waals surface area contributed by atoms with Crippen LogP contribution in [0.15, 0.2) is 0 Å². The lowest BCUT2D eigenvalue weighted by atomic mass is 9.73. The van der Waals surface area contributed by atoms with Crippen molar-refractivity contribution in [3.63, 3.8) is 0 Å². The standard InChI is InChI=1S/C13H23NO2/c1-13(2)9-14(10-5-3-4-6-10)8-7-11(13)12(15)16/h10-11H,3-9H2,1-2H3,(H,15,16). The number of aliphatic carboxylic acids is 1. The van der Waals surface area contributed by atoms with E-state index in [1.54, 1.807) is 0 Å². The van der Waals surface area contributed by atoms with Gasteiger partial charge in [-0.15, -0.1) is 0 Å². The summed E-state index contributed by atoms with van der Waals surface area (Å²) in [7, 11) is 0. The van der Waals surface area contributed by atoms with Gasteiger partial charge < -0.3 is 5.11 Å². The van der Waals surface area contributed by atoms with Gasteiger partial charge in [0.25, 0.3) is 0 Å². The quantitative estimate of drug-likeness (QED) is 0.784. The van der Waals surface area contributed by atoms with Crippen molar-refractivity contribution < 1.29 is 9.90 Å². The third-order valence-corrected chi connectivity index (χ3v) is 4.40. The molecule has 0 bridgehead atoms. The van der Waals surface area contributed by atoms with Crippen LogP contribution in [-0.2, 0) is 4.79 Å². The maximum absolute atomic E-state index is 11.2. The van der Waals surface area contributed by atoms with Crippen molar-refractivity contribution in [2.75, 3.05) is 13.1 Å². The zero-order valence-electron chi connectivity index (χ0n) is 10.4. The molecule has 3 heteroatoms. The molecule has 0 aromatic carbocycles. The van der Waals surface area contributed by atoms with Gasteiger partial charge in [0.05, 0.1) is 5.92 Å². The highest BCUT2D eigenvalue weighted by Gasteiger charge is 2.42. The molecule has 1 unspecified atom stereocenters. The Hall–Kier alpha value is -0.570. The Balaban J connectivity index is 2.00. The number of hydrogen-bond acceptors (Lipinski definition) is 2. The van der Waals surface area contributed by atoms with Crippen LogP contribution in [0.2, 0.25) is 0 Å². The summed E-state index contributed by atoms with van der Waals surface area (Å²) in [4.78, 5) is 13.7. The first-order chi connectivity index (χ1) is 7.50. The molecule has 0 spiro atoms. The summed E-state index contributed by atoms with van der Waals surface area (Å²) in [6.07, 6.45) is 6.15. The van der Waals surface area contributed by atoms with Gasteiger partial charge in [0, 0.05) is 12.6 Å². The van der Waals surface area contributed by atoms with Gasteiger partial charge in [0.1, 0.15) is 0 Å². The van der Waals surface area contributed by atoms with Gasteiger partial charge in [-0.25, -0.2) is 0 Å². The molecule has 1 heterocycles. The Labute approximate surface area is 97.8 Å². The molecule has 1 atom stereocenters. The molecule has 92 valence electrons. The monoisotopic (exact) mass is 225 g/mol. The summed E-state index contributed by atoms with van der Waals surface area (Å²) in [5.74, 6) is -0.777. The van der Waals surface area contributed by atoms with E-state index in [0.29, 0.717) is 0 Å². The Morgan fingerprint density at radius 3 is 2.38 bits per heavy atom. The molecule has 16 heavy (non-hydrogen) atoms. The minimum atomic E-state index is -0.615. The second-order valence-corrected chi connectivity index (χ2v) is 6.08. The molecule has 0 radical (unpaired) electrons. The van der Waals surface area contributed by atoms with Crippen LogP contribution < -0.4 is 0 Å². The van der Waals surface area contributed by atoms with E-state index in [1.165, 1.54) is 25.7 Å². The van der Waals surface area contributed by atoms with Gasteiger partial charge in [-0.1, -0.05) is 26.7 Å². The van der Waals surface area contributed by atoms with E-state index < -0.39 is 5.97 Å². The fourth-order valence-electron chi connectivity index (χ4n) is 3.44. The van der Waals surface area contributed by atoms with Crippen LogP contribution in [0.5, 0.6) is 0 Å². The van der Waals surface area contributed by atoms with Crippen LogP contribution in [-0.4, -0.2) is 35.1 Å². The third kappa shape index (κ3) is 2.24. The lowest BCUT2D eigenvalue weighted by Gasteiger charge is -2.44. The molecule has 0 aromatic heterocycles. The predicted molar refractivity (Wildman–Crippen MR) is 63.4 cm³/mol. The third-order valence-electron chi connectivity index (χ3n) is 4.40. The average molecular weight is 225 g/mol. The van der Waals surface area contributed by atoms with Crippen molar-refractivity contribution in [3.8, 4) is 0 Å². The van der Waals surface area contributed by atoms with Crippen LogP contribution in [0.1, 0.15) is 46.0 Å². The molecule has 1 aliphatic heterocycles. The number of piperidine rings is 1. The molecule has 1 N–H and O–H groups in total. The fraction of sp³-hybridized carbons (Fsp3) is 0.923. The second kappa shape index (κ2) is 4.36. The molecule has 2 aliphatic rings. The zero-order valence-corrected chi connectivity index (χ0v) is 10.4. The van der Waals surface area contributed by atoms with E-state index in [0.717, 1.165) is 25.6 Å². The molecule has 2 fully saturated rings. The number of rotatable bonds is 2. The van der Waals surface area contributed by atoms with Gasteiger partial charge in [0.15, 0.2) is 0 Å². The number of carboxylic acids is 1.